The molecule has 5 nitrogen and oxygen atoms in total. The zero-order chi connectivity index (χ0) is 15.6. The van der Waals surface area contributed by atoms with E-state index in [2.05, 4.69) is 5.32 Å². The molecule has 1 aliphatic heterocycles. The molecule has 6 heteroatoms. The smallest absolute Gasteiger partial charge is 0.337 e. The number of hydrogen-bond acceptors (Lipinski definition) is 2. The van der Waals surface area contributed by atoms with E-state index in [-0.39, 0.29) is 29.4 Å². The number of rotatable bonds is 2. The Morgan fingerprint density at radius 2 is 1.90 bits per heavy atom. The van der Waals surface area contributed by atoms with E-state index >= 15 is 0 Å². The maximum Gasteiger partial charge on any atom is 0.337 e. The second kappa shape index (κ2) is 6.11. The van der Waals surface area contributed by atoms with E-state index < -0.39 is 11.8 Å². The highest BCUT2D eigenvalue weighted by molar-refractivity contribution is 6.00. The Bertz CT molecular complexity index is 552. The Labute approximate surface area is 122 Å². The molecule has 2 atom stereocenters. The van der Waals surface area contributed by atoms with Crippen LogP contribution in [0, 0.1) is 5.82 Å². The van der Waals surface area contributed by atoms with Crippen LogP contribution < -0.4 is 5.32 Å². The number of piperidine rings is 1. The number of carboxylic acids is 1. The molecule has 0 bridgehead atoms. The Hall–Kier alpha value is -2.11. The molecule has 114 valence electrons. The number of halogens is 1. The summed E-state index contributed by atoms with van der Waals surface area (Å²) >= 11 is 0. The molecule has 1 fully saturated rings. The third-order valence-electron chi connectivity index (χ3n) is 3.88. The van der Waals surface area contributed by atoms with Gasteiger partial charge in [-0.2, -0.15) is 0 Å². The first-order valence-electron chi connectivity index (χ1n) is 7.02. The number of nitrogens with zero attached hydrogens (tertiary/aromatic N) is 1. The molecule has 1 aliphatic rings. The first kappa shape index (κ1) is 15.3. The third-order valence-corrected chi connectivity index (χ3v) is 3.88. The van der Waals surface area contributed by atoms with Gasteiger partial charge in [-0.25, -0.2) is 14.0 Å². The molecule has 0 unspecified atom stereocenters. The number of likely N-dealkylation sites (tertiary alicyclic amines) is 1. The summed E-state index contributed by atoms with van der Waals surface area (Å²) in [5.41, 5.74) is -0.139. The summed E-state index contributed by atoms with van der Waals surface area (Å²) in [6, 6.07) is 3.16. The first-order valence-corrected chi connectivity index (χ1v) is 7.02. The van der Waals surface area contributed by atoms with E-state index in [1.165, 1.54) is 6.07 Å². The minimum absolute atomic E-state index is 0.0995. The molecule has 1 aromatic rings. The molecule has 21 heavy (non-hydrogen) atoms. The number of urea groups is 1. The van der Waals surface area contributed by atoms with Crippen molar-refractivity contribution >= 4 is 17.7 Å². The van der Waals surface area contributed by atoms with Gasteiger partial charge < -0.3 is 15.3 Å². The number of carbonyl (C=O) groups is 2. The van der Waals surface area contributed by atoms with Crippen LogP contribution in [-0.4, -0.2) is 34.1 Å². The van der Waals surface area contributed by atoms with Crippen molar-refractivity contribution in [3.8, 4) is 0 Å². The predicted octanol–water partition coefficient (Wildman–Crippen LogP) is 3.32. The van der Waals surface area contributed by atoms with Crippen LogP contribution in [0.5, 0.6) is 0 Å². The highest BCUT2D eigenvalue weighted by Gasteiger charge is 2.29. The number of carboxylic acid groups (broad SMARTS) is 1. The fraction of sp³-hybridized carbons (Fsp3) is 0.467. The standard InChI is InChI=1S/C15H19FN2O3/c1-9-4-3-5-10(2)18(9)15(21)17-13-7-6-11(16)8-12(13)14(19)20/h6-10H,3-5H2,1-2H3,(H,17,21)(H,19,20)/t9-,10+. The highest BCUT2D eigenvalue weighted by Crippen LogP contribution is 2.24. The summed E-state index contributed by atoms with van der Waals surface area (Å²) in [6.07, 6.45) is 2.92. The van der Waals surface area contributed by atoms with Gasteiger partial charge >= 0.3 is 12.0 Å². The number of carbonyl (C=O) groups excluding carboxylic acids is 1. The van der Waals surface area contributed by atoms with E-state index in [0.29, 0.717) is 0 Å². The minimum atomic E-state index is -1.27. The summed E-state index contributed by atoms with van der Waals surface area (Å²) in [5, 5.41) is 11.7. The molecule has 0 aliphatic carbocycles. The molecular weight excluding hydrogens is 275 g/mol. The van der Waals surface area contributed by atoms with Gasteiger partial charge in [0.2, 0.25) is 0 Å². The van der Waals surface area contributed by atoms with Crippen molar-refractivity contribution in [2.45, 2.75) is 45.2 Å². The van der Waals surface area contributed by atoms with Crippen LogP contribution >= 0.6 is 0 Å². The molecule has 0 radical (unpaired) electrons. The predicted molar refractivity (Wildman–Crippen MR) is 77.0 cm³/mol. The number of anilines is 1. The van der Waals surface area contributed by atoms with Crippen LogP contribution in [0.2, 0.25) is 0 Å². The van der Waals surface area contributed by atoms with Crippen LogP contribution in [0.1, 0.15) is 43.5 Å². The number of amides is 2. The van der Waals surface area contributed by atoms with Gasteiger partial charge in [-0.3, -0.25) is 0 Å². The molecule has 0 aromatic heterocycles. The van der Waals surface area contributed by atoms with E-state index in [9.17, 15) is 14.0 Å². The lowest BCUT2D eigenvalue weighted by atomic mass is 9.98. The third kappa shape index (κ3) is 3.32. The zero-order valence-electron chi connectivity index (χ0n) is 12.1. The van der Waals surface area contributed by atoms with Crippen molar-refractivity contribution in [3.63, 3.8) is 0 Å². The topological polar surface area (TPSA) is 69.6 Å². The van der Waals surface area contributed by atoms with Crippen molar-refractivity contribution in [2.75, 3.05) is 5.32 Å². The molecule has 0 spiro atoms. The molecule has 1 aromatic carbocycles. The zero-order valence-corrected chi connectivity index (χ0v) is 12.1. The van der Waals surface area contributed by atoms with Gasteiger partial charge in [0, 0.05) is 12.1 Å². The van der Waals surface area contributed by atoms with E-state index in [0.717, 1.165) is 31.4 Å². The Kier molecular flexibility index (Phi) is 4.45. The molecule has 0 saturated carbocycles. The van der Waals surface area contributed by atoms with Crippen LogP contribution in [0.25, 0.3) is 0 Å². The summed E-state index contributed by atoms with van der Waals surface area (Å²) in [7, 11) is 0. The maximum atomic E-state index is 13.1. The van der Waals surface area contributed by atoms with Crippen molar-refractivity contribution in [3.05, 3.63) is 29.6 Å². The van der Waals surface area contributed by atoms with Crippen LogP contribution in [-0.2, 0) is 0 Å². The Morgan fingerprint density at radius 1 is 1.29 bits per heavy atom. The van der Waals surface area contributed by atoms with Gasteiger partial charge in [0.1, 0.15) is 5.82 Å². The number of hydrogen-bond donors (Lipinski definition) is 2. The van der Waals surface area contributed by atoms with Crippen LogP contribution in [0.4, 0.5) is 14.9 Å². The molecular formula is C15H19FN2O3. The Balaban J connectivity index is 2.21. The molecule has 2 N–H and O–H groups in total. The largest absolute Gasteiger partial charge is 0.478 e. The number of nitrogens with one attached hydrogen (secondary N) is 1. The lowest BCUT2D eigenvalue weighted by Gasteiger charge is -2.38. The van der Waals surface area contributed by atoms with Crippen molar-refractivity contribution in [2.24, 2.45) is 0 Å². The summed E-state index contributed by atoms with van der Waals surface area (Å²) in [5.74, 6) is -1.92. The van der Waals surface area contributed by atoms with Gasteiger partial charge in [0.15, 0.2) is 0 Å². The van der Waals surface area contributed by atoms with E-state index in [1.807, 2.05) is 13.8 Å². The number of aromatic carboxylic acids is 1. The SMILES string of the molecule is C[C@@H]1CCC[C@H](C)N1C(=O)Nc1ccc(F)cc1C(=O)O. The van der Waals surface area contributed by atoms with Gasteiger partial charge in [-0.1, -0.05) is 0 Å². The van der Waals surface area contributed by atoms with Crippen molar-refractivity contribution < 1.29 is 19.1 Å². The Morgan fingerprint density at radius 3 is 2.48 bits per heavy atom. The van der Waals surface area contributed by atoms with Crippen LogP contribution in [0.3, 0.4) is 0 Å². The first-order chi connectivity index (χ1) is 9.90. The molecule has 2 amide bonds. The minimum Gasteiger partial charge on any atom is -0.478 e. The van der Waals surface area contributed by atoms with Crippen molar-refractivity contribution in [1.29, 1.82) is 0 Å². The van der Waals surface area contributed by atoms with Gasteiger partial charge in [0.05, 0.1) is 11.3 Å². The van der Waals surface area contributed by atoms with Crippen molar-refractivity contribution in [1.82, 2.24) is 4.90 Å². The second-order valence-electron chi connectivity index (χ2n) is 5.46. The second-order valence-corrected chi connectivity index (χ2v) is 5.46. The average molecular weight is 294 g/mol. The van der Waals surface area contributed by atoms with Gasteiger partial charge in [0.25, 0.3) is 0 Å². The average Bonchev–Trinajstić information content (AvgIpc) is 2.40. The summed E-state index contributed by atoms with van der Waals surface area (Å²) in [6.45, 7) is 3.94. The monoisotopic (exact) mass is 294 g/mol. The van der Waals surface area contributed by atoms with Gasteiger partial charge in [-0.05, 0) is 51.3 Å². The lowest BCUT2D eigenvalue weighted by molar-refractivity contribution is 0.0697. The lowest BCUT2D eigenvalue weighted by Crippen LogP contribution is -2.49. The highest BCUT2D eigenvalue weighted by atomic mass is 19.1. The molecule has 2 rings (SSSR count). The van der Waals surface area contributed by atoms with Crippen LogP contribution in [0.15, 0.2) is 18.2 Å². The maximum absolute atomic E-state index is 13.1. The van der Waals surface area contributed by atoms with Gasteiger partial charge in [-0.15, -0.1) is 0 Å². The normalized spacial score (nSPS) is 22.0. The number of benzene rings is 1. The quantitative estimate of drug-likeness (QED) is 0.879. The molecule has 1 heterocycles. The summed E-state index contributed by atoms with van der Waals surface area (Å²) in [4.78, 5) is 25.2. The van der Waals surface area contributed by atoms with E-state index in [1.54, 1.807) is 4.90 Å². The fourth-order valence-corrected chi connectivity index (χ4v) is 2.80. The fourth-order valence-electron chi connectivity index (χ4n) is 2.80. The van der Waals surface area contributed by atoms with E-state index in [4.69, 9.17) is 5.11 Å². The molecule has 1 saturated heterocycles. The summed E-state index contributed by atoms with van der Waals surface area (Å²) < 4.78 is 13.1.